The molecule has 0 atom stereocenters. The lowest BCUT2D eigenvalue weighted by Crippen LogP contribution is -2.34. The first-order valence-corrected chi connectivity index (χ1v) is 7.86. The number of ether oxygens (including phenoxy) is 1. The van der Waals surface area contributed by atoms with E-state index >= 15 is 0 Å². The van der Waals surface area contributed by atoms with E-state index in [-0.39, 0.29) is 6.61 Å². The minimum Gasteiger partial charge on any atom is -0.444 e. The molecule has 2 aromatic heterocycles. The number of amides is 1. The molecule has 0 fully saturated rings. The number of carbonyl (C=O) groups is 1. The van der Waals surface area contributed by atoms with Crippen molar-refractivity contribution >= 4 is 6.09 Å². The fourth-order valence-electron chi connectivity index (χ4n) is 2.22. The highest BCUT2D eigenvalue weighted by Gasteiger charge is 2.16. The molecule has 0 bridgehead atoms. The van der Waals surface area contributed by atoms with Gasteiger partial charge in [0.25, 0.3) is 0 Å². The lowest BCUT2D eigenvalue weighted by molar-refractivity contribution is 0.0525. The molecule has 2 heterocycles. The molecule has 2 aromatic rings. The molecule has 2 rings (SSSR count). The second kappa shape index (κ2) is 7.44. The zero-order valence-electron chi connectivity index (χ0n) is 14.5. The highest BCUT2D eigenvalue weighted by molar-refractivity contribution is 5.67. The Morgan fingerprint density at radius 2 is 2.17 bits per heavy atom. The number of aliphatic hydroxyl groups is 1. The van der Waals surface area contributed by atoms with E-state index in [1.807, 2.05) is 45.9 Å². The summed E-state index contributed by atoms with van der Waals surface area (Å²) in [4.78, 5) is 16.0. The van der Waals surface area contributed by atoms with Crippen LogP contribution in [0.5, 0.6) is 0 Å². The average molecular weight is 332 g/mol. The molecule has 0 aliphatic heterocycles. The minimum absolute atomic E-state index is 0.134. The quantitative estimate of drug-likeness (QED) is 0.877. The van der Waals surface area contributed by atoms with Crippen LogP contribution in [0.3, 0.4) is 0 Å². The Kier molecular flexibility index (Phi) is 5.56. The Bertz CT molecular complexity index is 704. The SMILES string of the molecule is Cc1cccnc1-c1cc(CO)n(CCNC(=O)OC(C)(C)C)n1. The molecule has 0 saturated carbocycles. The molecule has 0 unspecified atom stereocenters. The van der Waals surface area contributed by atoms with Gasteiger partial charge in [0.1, 0.15) is 11.3 Å². The van der Waals surface area contributed by atoms with Crippen LogP contribution in [0.4, 0.5) is 4.79 Å². The molecule has 0 aromatic carbocycles. The van der Waals surface area contributed by atoms with Gasteiger partial charge < -0.3 is 15.2 Å². The van der Waals surface area contributed by atoms with E-state index in [9.17, 15) is 9.90 Å². The summed E-state index contributed by atoms with van der Waals surface area (Å²) in [7, 11) is 0. The number of rotatable bonds is 5. The Hall–Kier alpha value is -2.41. The first-order valence-electron chi connectivity index (χ1n) is 7.86. The lowest BCUT2D eigenvalue weighted by Gasteiger charge is -2.19. The van der Waals surface area contributed by atoms with Gasteiger partial charge in [-0.2, -0.15) is 5.10 Å². The van der Waals surface area contributed by atoms with Crippen LogP contribution in [0.25, 0.3) is 11.4 Å². The van der Waals surface area contributed by atoms with Crippen LogP contribution in [0.15, 0.2) is 24.4 Å². The zero-order valence-corrected chi connectivity index (χ0v) is 14.5. The van der Waals surface area contributed by atoms with Crippen LogP contribution in [-0.4, -0.2) is 38.1 Å². The molecule has 0 aliphatic carbocycles. The van der Waals surface area contributed by atoms with Crippen molar-refractivity contribution in [3.05, 3.63) is 35.7 Å². The summed E-state index contributed by atoms with van der Waals surface area (Å²) in [6.07, 6.45) is 1.24. The first kappa shape index (κ1) is 17.9. The topological polar surface area (TPSA) is 89.3 Å². The standard InChI is InChI=1S/C17H24N4O3/c1-12-6-5-7-18-15(12)14-10-13(11-22)21(20-14)9-8-19-16(23)24-17(2,3)4/h5-7,10,22H,8-9,11H2,1-4H3,(H,19,23). The van der Waals surface area contributed by atoms with Crippen molar-refractivity contribution in [2.75, 3.05) is 6.54 Å². The monoisotopic (exact) mass is 332 g/mol. The minimum atomic E-state index is -0.532. The second-order valence-electron chi connectivity index (χ2n) is 6.50. The molecule has 2 N–H and O–H groups in total. The van der Waals surface area contributed by atoms with E-state index in [1.54, 1.807) is 10.9 Å². The molecule has 24 heavy (non-hydrogen) atoms. The van der Waals surface area contributed by atoms with Crippen LogP contribution < -0.4 is 5.32 Å². The maximum atomic E-state index is 11.7. The van der Waals surface area contributed by atoms with Gasteiger partial charge >= 0.3 is 6.09 Å². The molecule has 130 valence electrons. The summed E-state index contributed by atoms with van der Waals surface area (Å²) >= 11 is 0. The van der Waals surface area contributed by atoms with Gasteiger partial charge in [0, 0.05) is 12.7 Å². The Morgan fingerprint density at radius 3 is 2.79 bits per heavy atom. The maximum Gasteiger partial charge on any atom is 0.407 e. The molecule has 0 spiro atoms. The molecule has 0 radical (unpaired) electrons. The summed E-state index contributed by atoms with van der Waals surface area (Å²) in [6, 6.07) is 5.64. The van der Waals surface area contributed by atoms with Crippen molar-refractivity contribution in [3.8, 4) is 11.4 Å². The van der Waals surface area contributed by atoms with Gasteiger partial charge in [0.2, 0.25) is 0 Å². The van der Waals surface area contributed by atoms with Gasteiger partial charge in [-0.1, -0.05) is 6.07 Å². The highest BCUT2D eigenvalue weighted by Crippen LogP contribution is 2.20. The zero-order chi connectivity index (χ0) is 17.7. The summed E-state index contributed by atoms with van der Waals surface area (Å²) in [6.45, 7) is 8.04. The average Bonchev–Trinajstić information content (AvgIpc) is 2.89. The third-order valence-corrected chi connectivity index (χ3v) is 3.27. The number of aryl methyl sites for hydroxylation is 1. The molecule has 7 heteroatoms. The van der Waals surface area contributed by atoms with Crippen LogP contribution >= 0.6 is 0 Å². The lowest BCUT2D eigenvalue weighted by atomic mass is 10.1. The summed E-state index contributed by atoms with van der Waals surface area (Å²) in [5.74, 6) is 0. The maximum absolute atomic E-state index is 11.7. The van der Waals surface area contributed by atoms with Crippen molar-refractivity contribution in [2.24, 2.45) is 0 Å². The summed E-state index contributed by atoms with van der Waals surface area (Å²) in [5, 5.41) is 16.7. The highest BCUT2D eigenvalue weighted by atomic mass is 16.6. The first-order chi connectivity index (χ1) is 11.3. The number of hydrogen-bond donors (Lipinski definition) is 2. The van der Waals surface area contributed by atoms with Crippen molar-refractivity contribution in [1.29, 1.82) is 0 Å². The van der Waals surface area contributed by atoms with Gasteiger partial charge in [-0.25, -0.2) is 4.79 Å². The van der Waals surface area contributed by atoms with Gasteiger partial charge in [0.05, 0.1) is 24.5 Å². The number of pyridine rings is 1. The Labute approximate surface area is 141 Å². The molecule has 1 amide bonds. The van der Waals surface area contributed by atoms with E-state index in [0.29, 0.717) is 24.5 Å². The van der Waals surface area contributed by atoms with Crippen LogP contribution in [0.1, 0.15) is 32.0 Å². The predicted molar refractivity (Wildman–Crippen MR) is 90.4 cm³/mol. The number of nitrogens with zero attached hydrogens (tertiary/aromatic N) is 3. The number of hydrogen-bond acceptors (Lipinski definition) is 5. The summed E-state index contributed by atoms with van der Waals surface area (Å²) < 4.78 is 6.85. The van der Waals surface area contributed by atoms with E-state index in [2.05, 4.69) is 15.4 Å². The number of aromatic nitrogens is 3. The van der Waals surface area contributed by atoms with Gasteiger partial charge in [0.15, 0.2) is 0 Å². The van der Waals surface area contributed by atoms with Crippen LogP contribution in [0.2, 0.25) is 0 Å². The van der Waals surface area contributed by atoms with Crippen molar-refractivity contribution in [2.45, 2.75) is 46.4 Å². The van der Waals surface area contributed by atoms with E-state index < -0.39 is 11.7 Å². The predicted octanol–water partition coefficient (Wildman–Crippen LogP) is 2.27. The van der Waals surface area contributed by atoms with Gasteiger partial charge in [-0.05, 0) is 45.4 Å². The second-order valence-corrected chi connectivity index (χ2v) is 6.50. The fraction of sp³-hybridized carbons (Fsp3) is 0.471. The van der Waals surface area contributed by atoms with E-state index in [4.69, 9.17) is 4.74 Å². The van der Waals surface area contributed by atoms with Gasteiger partial charge in [-0.3, -0.25) is 9.67 Å². The summed E-state index contributed by atoms with van der Waals surface area (Å²) in [5.41, 5.74) is 2.63. The smallest absolute Gasteiger partial charge is 0.407 e. The molecule has 0 saturated heterocycles. The van der Waals surface area contributed by atoms with E-state index in [1.165, 1.54) is 0 Å². The fourth-order valence-corrected chi connectivity index (χ4v) is 2.22. The Morgan fingerprint density at radius 1 is 1.42 bits per heavy atom. The van der Waals surface area contributed by atoms with Gasteiger partial charge in [-0.15, -0.1) is 0 Å². The number of carbonyl (C=O) groups excluding carboxylic acids is 1. The van der Waals surface area contributed by atoms with Crippen molar-refractivity contribution < 1.29 is 14.6 Å². The molecular formula is C17H24N4O3. The number of aliphatic hydroxyl groups excluding tert-OH is 1. The van der Waals surface area contributed by atoms with Crippen molar-refractivity contribution in [3.63, 3.8) is 0 Å². The van der Waals surface area contributed by atoms with Crippen molar-refractivity contribution in [1.82, 2.24) is 20.1 Å². The third-order valence-electron chi connectivity index (χ3n) is 3.27. The molecular weight excluding hydrogens is 308 g/mol. The Balaban J connectivity index is 2.03. The normalized spacial score (nSPS) is 11.4. The molecule has 7 nitrogen and oxygen atoms in total. The van der Waals surface area contributed by atoms with Crippen LogP contribution in [-0.2, 0) is 17.9 Å². The van der Waals surface area contributed by atoms with E-state index in [0.717, 1.165) is 11.3 Å². The number of nitrogens with one attached hydrogen (secondary N) is 1. The largest absolute Gasteiger partial charge is 0.444 e. The number of alkyl carbamates (subject to hydrolysis) is 1. The third kappa shape index (κ3) is 4.79. The molecule has 0 aliphatic rings. The van der Waals surface area contributed by atoms with Crippen LogP contribution in [0, 0.1) is 6.92 Å².